The van der Waals surface area contributed by atoms with Crippen molar-refractivity contribution in [2.75, 3.05) is 0 Å². The molecule has 2 heteroatoms. The van der Waals surface area contributed by atoms with Gasteiger partial charge in [0.2, 0.25) is 0 Å². The summed E-state index contributed by atoms with van der Waals surface area (Å²) in [5, 5.41) is 0. The lowest BCUT2D eigenvalue weighted by Crippen LogP contribution is -2.05. The molecule has 0 aliphatic rings. The molecule has 2 aromatic carbocycles. The van der Waals surface area contributed by atoms with Crippen LogP contribution >= 0.6 is 0 Å². The highest BCUT2D eigenvalue weighted by Gasteiger charge is 2.07. The zero-order valence-corrected chi connectivity index (χ0v) is 11.8. The van der Waals surface area contributed by atoms with E-state index in [0.29, 0.717) is 12.2 Å². The molecule has 2 nitrogen and oxygen atoms in total. The third-order valence-electron chi connectivity index (χ3n) is 3.22. The van der Waals surface area contributed by atoms with E-state index in [1.807, 2.05) is 54.6 Å². The molecular weight excluding hydrogens is 248 g/mol. The second-order valence-corrected chi connectivity index (χ2v) is 4.86. The minimum atomic E-state index is -0.268. The van der Waals surface area contributed by atoms with Crippen molar-refractivity contribution in [3.8, 4) is 0 Å². The standard InChI is InChI=1S/C18H20O2/c1-2-3-7-15-10-12-17(13-11-15)18(19)20-14-16-8-5-4-6-9-16/h4-6,8-13H,2-3,7,14H2,1H3. The largest absolute Gasteiger partial charge is 0.457 e. The van der Waals surface area contributed by atoms with Crippen molar-refractivity contribution in [3.05, 3.63) is 71.3 Å². The van der Waals surface area contributed by atoms with Gasteiger partial charge < -0.3 is 4.74 Å². The van der Waals surface area contributed by atoms with Crippen molar-refractivity contribution in [2.24, 2.45) is 0 Å². The zero-order valence-electron chi connectivity index (χ0n) is 11.8. The van der Waals surface area contributed by atoms with Gasteiger partial charge in [-0.2, -0.15) is 0 Å². The Kier molecular flexibility index (Phi) is 5.36. The number of benzene rings is 2. The van der Waals surface area contributed by atoms with Gasteiger partial charge in [-0.3, -0.25) is 0 Å². The molecular formula is C18H20O2. The Labute approximate surface area is 120 Å². The van der Waals surface area contributed by atoms with Crippen LogP contribution in [0.1, 0.15) is 41.3 Å². The third-order valence-corrected chi connectivity index (χ3v) is 3.22. The molecule has 0 heterocycles. The minimum absolute atomic E-state index is 0.268. The summed E-state index contributed by atoms with van der Waals surface area (Å²) in [6, 6.07) is 17.4. The Morgan fingerprint density at radius 2 is 1.65 bits per heavy atom. The van der Waals surface area contributed by atoms with E-state index in [0.717, 1.165) is 12.0 Å². The van der Waals surface area contributed by atoms with Gasteiger partial charge in [0.1, 0.15) is 6.61 Å². The molecule has 0 unspecified atom stereocenters. The first-order valence-electron chi connectivity index (χ1n) is 7.09. The van der Waals surface area contributed by atoms with Crippen molar-refractivity contribution >= 4 is 5.97 Å². The molecule has 0 N–H and O–H groups in total. The number of aryl methyl sites for hydroxylation is 1. The average Bonchev–Trinajstić information content (AvgIpc) is 2.52. The number of ether oxygens (including phenoxy) is 1. The second kappa shape index (κ2) is 7.49. The van der Waals surface area contributed by atoms with E-state index in [4.69, 9.17) is 4.74 Å². The van der Waals surface area contributed by atoms with Crippen LogP contribution in [0.25, 0.3) is 0 Å². The van der Waals surface area contributed by atoms with Crippen LogP contribution in [-0.2, 0) is 17.8 Å². The Morgan fingerprint density at radius 3 is 2.30 bits per heavy atom. The van der Waals surface area contributed by atoms with Gasteiger partial charge in [-0.15, -0.1) is 0 Å². The summed E-state index contributed by atoms with van der Waals surface area (Å²) in [6.07, 6.45) is 3.43. The van der Waals surface area contributed by atoms with E-state index in [9.17, 15) is 4.79 Å². The van der Waals surface area contributed by atoms with Crippen LogP contribution in [0.3, 0.4) is 0 Å². The molecule has 0 aromatic heterocycles. The maximum absolute atomic E-state index is 11.9. The summed E-state index contributed by atoms with van der Waals surface area (Å²) in [5.41, 5.74) is 2.88. The first kappa shape index (κ1) is 14.3. The molecule has 0 spiro atoms. The number of hydrogen-bond acceptors (Lipinski definition) is 2. The van der Waals surface area contributed by atoms with Crippen molar-refractivity contribution in [1.82, 2.24) is 0 Å². The quantitative estimate of drug-likeness (QED) is 0.726. The molecule has 0 fully saturated rings. The van der Waals surface area contributed by atoms with E-state index < -0.39 is 0 Å². The average molecular weight is 268 g/mol. The van der Waals surface area contributed by atoms with Crippen LogP contribution < -0.4 is 0 Å². The molecule has 2 aromatic rings. The summed E-state index contributed by atoms with van der Waals surface area (Å²) in [4.78, 5) is 11.9. The first-order valence-corrected chi connectivity index (χ1v) is 7.09. The van der Waals surface area contributed by atoms with Gasteiger partial charge in [0.15, 0.2) is 0 Å². The monoisotopic (exact) mass is 268 g/mol. The molecule has 0 amide bonds. The van der Waals surface area contributed by atoms with Gasteiger partial charge in [0.05, 0.1) is 5.56 Å². The Hall–Kier alpha value is -2.09. The van der Waals surface area contributed by atoms with Crippen molar-refractivity contribution < 1.29 is 9.53 Å². The van der Waals surface area contributed by atoms with Gasteiger partial charge in [0, 0.05) is 0 Å². The van der Waals surface area contributed by atoms with Gasteiger partial charge >= 0.3 is 5.97 Å². The number of hydrogen-bond donors (Lipinski definition) is 0. The van der Waals surface area contributed by atoms with Crippen LogP contribution in [0, 0.1) is 0 Å². The van der Waals surface area contributed by atoms with E-state index in [1.54, 1.807) is 0 Å². The fourth-order valence-corrected chi connectivity index (χ4v) is 1.99. The Balaban J connectivity index is 1.89. The summed E-state index contributed by atoms with van der Waals surface area (Å²) in [7, 11) is 0. The van der Waals surface area contributed by atoms with E-state index in [1.165, 1.54) is 18.4 Å². The Morgan fingerprint density at radius 1 is 0.950 bits per heavy atom. The SMILES string of the molecule is CCCCc1ccc(C(=O)OCc2ccccc2)cc1. The lowest BCUT2D eigenvalue weighted by atomic mass is 10.1. The third kappa shape index (κ3) is 4.23. The van der Waals surface area contributed by atoms with Crippen LogP contribution in [0.2, 0.25) is 0 Å². The summed E-state index contributed by atoms with van der Waals surface area (Å²) in [5.74, 6) is -0.268. The van der Waals surface area contributed by atoms with Crippen molar-refractivity contribution in [2.45, 2.75) is 32.8 Å². The highest BCUT2D eigenvalue weighted by molar-refractivity contribution is 5.89. The molecule has 0 aliphatic carbocycles. The second-order valence-electron chi connectivity index (χ2n) is 4.86. The number of esters is 1. The topological polar surface area (TPSA) is 26.3 Å². The molecule has 0 bridgehead atoms. The molecule has 0 radical (unpaired) electrons. The van der Waals surface area contributed by atoms with Gasteiger partial charge in [-0.25, -0.2) is 4.79 Å². The van der Waals surface area contributed by atoms with Crippen molar-refractivity contribution in [1.29, 1.82) is 0 Å². The lowest BCUT2D eigenvalue weighted by molar-refractivity contribution is 0.0472. The van der Waals surface area contributed by atoms with Crippen LogP contribution in [-0.4, -0.2) is 5.97 Å². The molecule has 2 rings (SSSR count). The first-order chi connectivity index (χ1) is 9.79. The molecule has 0 atom stereocenters. The van der Waals surface area contributed by atoms with Gasteiger partial charge in [-0.05, 0) is 36.1 Å². The summed E-state index contributed by atoms with van der Waals surface area (Å²) in [6.45, 7) is 2.49. The lowest BCUT2D eigenvalue weighted by Gasteiger charge is -2.06. The molecule has 0 aliphatic heterocycles. The van der Waals surface area contributed by atoms with Crippen LogP contribution in [0.5, 0.6) is 0 Å². The molecule has 0 saturated carbocycles. The predicted molar refractivity (Wildman–Crippen MR) is 80.6 cm³/mol. The molecule has 0 saturated heterocycles. The minimum Gasteiger partial charge on any atom is -0.457 e. The summed E-state index contributed by atoms with van der Waals surface area (Å²) >= 11 is 0. The number of carbonyl (C=O) groups excluding carboxylic acids is 1. The smallest absolute Gasteiger partial charge is 0.338 e. The van der Waals surface area contributed by atoms with Crippen LogP contribution in [0.4, 0.5) is 0 Å². The Bertz CT molecular complexity index is 529. The number of rotatable bonds is 6. The van der Waals surface area contributed by atoms with Crippen molar-refractivity contribution in [3.63, 3.8) is 0 Å². The number of carbonyl (C=O) groups is 1. The maximum atomic E-state index is 11.9. The normalized spacial score (nSPS) is 10.2. The highest BCUT2D eigenvalue weighted by atomic mass is 16.5. The maximum Gasteiger partial charge on any atom is 0.338 e. The van der Waals surface area contributed by atoms with E-state index >= 15 is 0 Å². The highest BCUT2D eigenvalue weighted by Crippen LogP contribution is 2.10. The summed E-state index contributed by atoms with van der Waals surface area (Å²) < 4.78 is 5.30. The van der Waals surface area contributed by atoms with E-state index in [2.05, 4.69) is 6.92 Å². The zero-order chi connectivity index (χ0) is 14.2. The fraction of sp³-hybridized carbons (Fsp3) is 0.278. The number of unbranched alkanes of at least 4 members (excludes halogenated alkanes) is 1. The van der Waals surface area contributed by atoms with E-state index in [-0.39, 0.29) is 5.97 Å². The van der Waals surface area contributed by atoms with Crippen LogP contribution in [0.15, 0.2) is 54.6 Å². The molecule has 104 valence electrons. The van der Waals surface area contributed by atoms with Gasteiger partial charge in [0.25, 0.3) is 0 Å². The predicted octanol–water partition coefficient (Wildman–Crippen LogP) is 4.39. The fourth-order valence-electron chi connectivity index (χ4n) is 1.99. The molecule has 20 heavy (non-hydrogen) atoms. The van der Waals surface area contributed by atoms with Gasteiger partial charge in [-0.1, -0.05) is 55.8 Å².